The largest absolute Gasteiger partial charge is 0.497 e. The van der Waals surface area contributed by atoms with Crippen molar-refractivity contribution in [1.82, 2.24) is 4.98 Å². The molecule has 6 nitrogen and oxygen atoms in total. The molecule has 1 N–H and O–H groups in total. The first-order valence-electron chi connectivity index (χ1n) is 9.90. The predicted molar refractivity (Wildman–Crippen MR) is 115 cm³/mol. The van der Waals surface area contributed by atoms with Crippen LogP contribution in [0, 0.1) is 0 Å². The van der Waals surface area contributed by atoms with Crippen LogP contribution in [0.15, 0.2) is 54.6 Å². The molecule has 1 aromatic heterocycles. The van der Waals surface area contributed by atoms with Gasteiger partial charge < -0.3 is 19.5 Å². The topological polar surface area (TPSA) is 69.7 Å². The van der Waals surface area contributed by atoms with Gasteiger partial charge in [-0.3, -0.25) is 0 Å². The fraction of sp³-hybridized carbons (Fsp3) is 0.250. The zero-order chi connectivity index (χ0) is 20.9. The van der Waals surface area contributed by atoms with Crippen molar-refractivity contribution in [3.63, 3.8) is 0 Å². The lowest BCUT2D eigenvalue weighted by molar-refractivity contribution is 0.0588. The monoisotopic (exact) mass is 404 g/mol. The molecule has 0 bridgehead atoms. The number of benzene rings is 2. The van der Waals surface area contributed by atoms with E-state index in [2.05, 4.69) is 22.4 Å². The molecule has 0 spiro atoms. The van der Waals surface area contributed by atoms with Crippen LogP contribution in [0.25, 0.3) is 11.3 Å². The number of nitrogens with one attached hydrogen (secondary N) is 1. The van der Waals surface area contributed by atoms with Crippen LogP contribution in [0.3, 0.4) is 0 Å². The number of aromatic nitrogens is 1. The summed E-state index contributed by atoms with van der Waals surface area (Å²) < 4.78 is 16.0. The van der Waals surface area contributed by atoms with Crippen molar-refractivity contribution < 1.29 is 19.0 Å². The van der Waals surface area contributed by atoms with Gasteiger partial charge in [0, 0.05) is 17.8 Å². The van der Waals surface area contributed by atoms with Crippen LogP contribution in [-0.4, -0.2) is 31.7 Å². The molecular formula is C24H24N2O4. The molecule has 2 heterocycles. The Morgan fingerprint density at radius 2 is 1.90 bits per heavy atom. The van der Waals surface area contributed by atoms with E-state index in [1.54, 1.807) is 13.2 Å². The maximum absolute atomic E-state index is 12.4. The molecule has 30 heavy (non-hydrogen) atoms. The summed E-state index contributed by atoms with van der Waals surface area (Å²) in [5.41, 5.74) is 5.18. The molecule has 0 unspecified atom stereocenters. The third-order valence-corrected chi connectivity index (χ3v) is 5.13. The van der Waals surface area contributed by atoms with Crippen LogP contribution in [0.5, 0.6) is 11.5 Å². The summed E-state index contributed by atoms with van der Waals surface area (Å²) in [6.45, 7) is 1.27. The Kier molecular flexibility index (Phi) is 5.84. The Labute approximate surface area is 175 Å². The van der Waals surface area contributed by atoms with Crippen LogP contribution in [0.1, 0.15) is 28.0 Å². The maximum atomic E-state index is 12.4. The zero-order valence-electron chi connectivity index (χ0n) is 17.1. The smallest absolute Gasteiger partial charge is 0.360 e. The van der Waals surface area contributed by atoms with Crippen LogP contribution >= 0.6 is 0 Å². The van der Waals surface area contributed by atoms with E-state index in [1.165, 1.54) is 12.7 Å². The number of fused-ring (bicyclic) bond motifs is 1. The average Bonchev–Trinajstić information content (AvgIpc) is 2.82. The second-order valence-corrected chi connectivity index (χ2v) is 7.07. The standard InChI is InChI=1S/C24H24N2O4/c1-28-19-9-5-16(6-10-19)15-30-22-12-11-20(26-23(22)24(27)29-2)18-8-7-17-4-3-13-25-21(17)14-18/h5-12,14,25H,3-4,13,15H2,1-2H3. The number of carbonyl (C=O) groups is 1. The number of nitrogens with zero attached hydrogens (tertiary/aromatic N) is 1. The molecule has 6 heteroatoms. The first-order valence-corrected chi connectivity index (χ1v) is 9.90. The van der Waals surface area contributed by atoms with E-state index >= 15 is 0 Å². The highest BCUT2D eigenvalue weighted by Gasteiger charge is 2.18. The van der Waals surface area contributed by atoms with E-state index in [-0.39, 0.29) is 5.69 Å². The summed E-state index contributed by atoms with van der Waals surface area (Å²) in [5.74, 6) is 0.634. The number of esters is 1. The van der Waals surface area contributed by atoms with Gasteiger partial charge in [0.25, 0.3) is 0 Å². The first-order chi connectivity index (χ1) is 14.7. The molecule has 0 amide bonds. The van der Waals surface area contributed by atoms with Gasteiger partial charge in [0.15, 0.2) is 11.4 Å². The number of ether oxygens (including phenoxy) is 3. The summed E-state index contributed by atoms with van der Waals surface area (Å²) in [6, 6.07) is 17.4. The molecule has 0 saturated carbocycles. The van der Waals surface area contributed by atoms with Gasteiger partial charge in [-0.2, -0.15) is 0 Å². The van der Waals surface area contributed by atoms with Gasteiger partial charge in [-0.1, -0.05) is 24.3 Å². The molecule has 2 aromatic carbocycles. The number of aryl methyl sites for hydroxylation is 1. The third kappa shape index (κ3) is 4.22. The number of hydrogen-bond acceptors (Lipinski definition) is 6. The highest BCUT2D eigenvalue weighted by atomic mass is 16.5. The summed E-state index contributed by atoms with van der Waals surface area (Å²) in [7, 11) is 2.97. The summed E-state index contributed by atoms with van der Waals surface area (Å²) >= 11 is 0. The van der Waals surface area contributed by atoms with E-state index < -0.39 is 5.97 Å². The maximum Gasteiger partial charge on any atom is 0.360 e. The van der Waals surface area contributed by atoms with Crippen molar-refractivity contribution in [2.75, 3.05) is 26.1 Å². The summed E-state index contributed by atoms with van der Waals surface area (Å²) in [4.78, 5) is 16.9. The fourth-order valence-electron chi connectivity index (χ4n) is 3.47. The third-order valence-electron chi connectivity index (χ3n) is 5.13. The van der Waals surface area contributed by atoms with Crippen molar-refractivity contribution in [2.45, 2.75) is 19.4 Å². The van der Waals surface area contributed by atoms with Crippen molar-refractivity contribution in [3.05, 3.63) is 71.4 Å². The van der Waals surface area contributed by atoms with Crippen molar-refractivity contribution in [1.29, 1.82) is 0 Å². The van der Waals surface area contributed by atoms with Gasteiger partial charge in [0.2, 0.25) is 0 Å². The second-order valence-electron chi connectivity index (χ2n) is 7.07. The molecule has 0 radical (unpaired) electrons. The normalized spacial score (nSPS) is 12.5. The fourth-order valence-corrected chi connectivity index (χ4v) is 3.47. The van der Waals surface area contributed by atoms with E-state index in [0.717, 1.165) is 42.0 Å². The van der Waals surface area contributed by atoms with Crippen LogP contribution in [0.2, 0.25) is 0 Å². The van der Waals surface area contributed by atoms with E-state index in [4.69, 9.17) is 14.2 Å². The van der Waals surface area contributed by atoms with E-state index in [0.29, 0.717) is 18.1 Å². The molecule has 1 aliphatic heterocycles. The first kappa shape index (κ1) is 19.8. The Bertz CT molecular complexity index is 1050. The SMILES string of the molecule is COC(=O)c1nc(-c2ccc3c(c2)NCCC3)ccc1OCc1ccc(OC)cc1. The van der Waals surface area contributed by atoms with Gasteiger partial charge in [-0.15, -0.1) is 0 Å². The molecule has 0 fully saturated rings. The number of methoxy groups -OCH3 is 2. The van der Waals surface area contributed by atoms with Crippen LogP contribution in [0.4, 0.5) is 5.69 Å². The molecule has 3 aromatic rings. The lowest BCUT2D eigenvalue weighted by Gasteiger charge is -2.19. The van der Waals surface area contributed by atoms with Crippen molar-refractivity contribution in [3.8, 4) is 22.8 Å². The molecule has 0 saturated heterocycles. The molecule has 4 rings (SSSR count). The van der Waals surface area contributed by atoms with Crippen LogP contribution in [-0.2, 0) is 17.8 Å². The second kappa shape index (κ2) is 8.86. The zero-order valence-corrected chi connectivity index (χ0v) is 17.1. The number of rotatable bonds is 6. The lowest BCUT2D eigenvalue weighted by atomic mass is 10.00. The number of pyridine rings is 1. The Morgan fingerprint density at radius 3 is 2.67 bits per heavy atom. The molecule has 0 atom stereocenters. The van der Waals surface area contributed by atoms with Crippen molar-refractivity contribution in [2.24, 2.45) is 0 Å². The molecule has 1 aliphatic rings. The van der Waals surface area contributed by atoms with Crippen LogP contribution < -0.4 is 14.8 Å². The van der Waals surface area contributed by atoms with E-state index in [9.17, 15) is 4.79 Å². The Hall–Kier alpha value is -3.54. The number of carbonyl (C=O) groups excluding carboxylic acids is 1. The summed E-state index contributed by atoms with van der Waals surface area (Å²) in [6.07, 6.45) is 2.21. The van der Waals surface area contributed by atoms with Gasteiger partial charge in [-0.05, 0) is 54.3 Å². The number of hydrogen-bond donors (Lipinski definition) is 1. The van der Waals surface area contributed by atoms with Gasteiger partial charge in [-0.25, -0.2) is 9.78 Å². The number of anilines is 1. The van der Waals surface area contributed by atoms with Gasteiger partial charge >= 0.3 is 5.97 Å². The minimum atomic E-state index is -0.530. The Balaban J connectivity index is 1.59. The average molecular weight is 404 g/mol. The van der Waals surface area contributed by atoms with Crippen molar-refractivity contribution >= 4 is 11.7 Å². The minimum Gasteiger partial charge on any atom is -0.497 e. The highest BCUT2D eigenvalue weighted by Crippen LogP contribution is 2.30. The molecule has 0 aliphatic carbocycles. The quantitative estimate of drug-likeness (QED) is 0.611. The molecular weight excluding hydrogens is 380 g/mol. The van der Waals surface area contributed by atoms with Gasteiger partial charge in [0.05, 0.1) is 19.9 Å². The lowest BCUT2D eigenvalue weighted by Crippen LogP contribution is -2.12. The highest BCUT2D eigenvalue weighted by molar-refractivity contribution is 5.91. The van der Waals surface area contributed by atoms with Gasteiger partial charge in [0.1, 0.15) is 12.4 Å². The van der Waals surface area contributed by atoms with E-state index in [1.807, 2.05) is 36.4 Å². The minimum absolute atomic E-state index is 0.161. The molecule has 154 valence electrons. The summed E-state index contributed by atoms with van der Waals surface area (Å²) in [5, 5.41) is 3.43. The predicted octanol–water partition coefficient (Wildman–Crippen LogP) is 4.48. The Morgan fingerprint density at radius 1 is 1.07 bits per heavy atom.